The molecule has 0 amide bonds. The summed E-state index contributed by atoms with van der Waals surface area (Å²) in [7, 11) is 0. The summed E-state index contributed by atoms with van der Waals surface area (Å²) in [5.41, 5.74) is 0. The summed E-state index contributed by atoms with van der Waals surface area (Å²) in [6.07, 6.45) is 0. The number of carbonyl (C=O) groups is 1. The van der Waals surface area contributed by atoms with Gasteiger partial charge >= 0.3 is 60.8 Å². The fourth-order valence-electron chi connectivity index (χ4n) is 0. The van der Waals surface area contributed by atoms with Crippen LogP contribution >= 0.6 is 0 Å². The standard InChI is InChI=1S/C2H4O2.Ca.Mg.H2O.4H/c1-2(3)4;;;;;;;/h1H3,(H,3,4);;;1H2;;;;/q;2*+2;;4*-1. The first-order valence-electron chi connectivity index (χ1n) is 0.928. The molecule has 0 fully saturated rings. The van der Waals surface area contributed by atoms with Gasteiger partial charge in [-0.1, -0.05) is 0 Å². The molecular formula is C2H10CaMgO3. The van der Waals surface area contributed by atoms with Crippen LogP contribution < -0.4 is 0 Å². The van der Waals surface area contributed by atoms with E-state index in [9.17, 15) is 0 Å². The van der Waals surface area contributed by atoms with Crippen LogP contribution in [0, 0.1) is 0 Å². The Morgan fingerprint density at radius 1 is 1.71 bits per heavy atom. The van der Waals surface area contributed by atoms with Crippen molar-refractivity contribution >= 4 is 66.8 Å². The van der Waals surface area contributed by atoms with Crippen LogP contribution in [0.2, 0.25) is 0 Å². The minimum Gasteiger partial charge on any atom is -1.00 e. The van der Waals surface area contributed by atoms with Crippen LogP contribution in [0.15, 0.2) is 0 Å². The Balaban J connectivity index is -0.00000000214. The minimum atomic E-state index is -0.833. The molecule has 0 aromatic carbocycles. The van der Waals surface area contributed by atoms with E-state index in [4.69, 9.17) is 9.90 Å². The average molecular weight is 146 g/mol. The maximum absolute atomic E-state index is 9.00. The Morgan fingerprint density at radius 2 is 1.71 bits per heavy atom. The Bertz CT molecular complexity index is 46.3. The summed E-state index contributed by atoms with van der Waals surface area (Å²) in [6.45, 7) is 1.08. The number of carboxylic acids is 1. The molecular weight excluding hydrogens is 136 g/mol. The van der Waals surface area contributed by atoms with Crippen LogP contribution in [0.25, 0.3) is 0 Å². The van der Waals surface area contributed by atoms with Gasteiger partial charge in [-0.15, -0.1) is 0 Å². The predicted octanol–water partition coefficient (Wildman–Crippen LogP) is -1.05. The second kappa shape index (κ2) is 15.7. The van der Waals surface area contributed by atoms with Crippen molar-refractivity contribution in [2.24, 2.45) is 0 Å². The summed E-state index contributed by atoms with van der Waals surface area (Å²) >= 11 is 0. The van der Waals surface area contributed by atoms with Gasteiger partial charge in [-0.3, -0.25) is 4.79 Å². The normalized spacial score (nSPS) is 3.57. The molecule has 0 aliphatic heterocycles. The monoisotopic (exact) mass is 146 g/mol. The molecule has 7 heavy (non-hydrogen) atoms. The number of hydrogen-bond donors (Lipinski definition) is 1. The van der Waals surface area contributed by atoms with E-state index in [1.54, 1.807) is 0 Å². The molecule has 40 valence electrons. The van der Waals surface area contributed by atoms with Gasteiger partial charge < -0.3 is 16.3 Å². The Kier molecular flexibility index (Phi) is 52.9. The van der Waals surface area contributed by atoms with Crippen molar-refractivity contribution in [1.82, 2.24) is 0 Å². The van der Waals surface area contributed by atoms with Gasteiger partial charge in [0.2, 0.25) is 0 Å². The molecule has 0 saturated carbocycles. The maximum atomic E-state index is 9.00. The van der Waals surface area contributed by atoms with E-state index in [0.29, 0.717) is 0 Å². The van der Waals surface area contributed by atoms with E-state index in [1.165, 1.54) is 0 Å². The largest absolute Gasteiger partial charge is 2.00 e. The molecule has 0 aliphatic rings. The first-order valence-corrected chi connectivity index (χ1v) is 0.928. The van der Waals surface area contributed by atoms with Gasteiger partial charge in [0.05, 0.1) is 0 Å². The van der Waals surface area contributed by atoms with Crippen LogP contribution in [0.3, 0.4) is 0 Å². The van der Waals surface area contributed by atoms with Gasteiger partial charge in [0.1, 0.15) is 0 Å². The van der Waals surface area contributed by atoms with Crippen LogP contribution in [0.4, 0.5) is 0 Å². The third kappa shape index (κ3) is 105. The smallest absolute Gasteiger partial charge is 1.00 e. The molecule has 0 heterocycles. The molecule has 0 rings (SSSR count). The molecule has 0 aromatic rings. The summed E-state index contributed by atoms with van der Waals surface area (Å²) in [5.74, 6) is -0.833. The van der Waals surface area contributed by atoms with Crippen molar-refractivity contribution in [2.75, 3.05) is 0 Å². The predicted molar refractivity (Wildman–Crippen MR) is 32.9 cm³/mol. The van der Waals surface area contributed by atoms with Gasteiger partial charge in [0.15, 0.2) is 0 Å². The zero-order chi connectivity index (χ0) is 3.58. The third-order valence-corrected chi connectivity index (χ3v) is 0. The summed E-state index contributed by atoms with van der Waals surface area (Å²) < 4.78 is 0. The van der Waals surface area contributed by atoms with E-state index >= 15 is 0 Å². The minimum absolute atomic E-state index is 0. The summed E-state index contributed by atoms with van der Waals surface area (Å²) in [5, 5.41) is 7.42. The second-order valence-corrected chi connectivity index (χ2v) is 0.519. The average Bonchev–Trinajstić information content (AvgIpc) is 0.811. The number of hydrogen-bond acceptors (Lipinski definition) is 1. The Morgan fingerprint density at radius 3 is 1.71 bits per heavy atom. The molecule has 5 heteroatoms. The van der Waals surface area contributed by atoms with Gasteiger partial charge in [-0.2, -0.15) is 0 Å². The van der Waals surface area contributed by atoms with Crippen molar-refractivity contribution in [3.8, 4) is 0 Å². The van der Waals surface area contributed by atoms with Crippen molar-refractivity contribution in [1.29, 1.82) is 0 Å². The van der Waals surface area contributed by atoms with Crippen LogP contribution in [-0.2, 0) is 4.79 Å². The van der Waals surface area contributed by atoms with Crippen molar-refractivity contribution < 1.29 is 21.1 Å². The summed E-state index contributed by atoms with van der Waals surface area (Å²) in [6, 6.07) is 0. The van der Waals surface area contributed by atoms with Crippen molar-refractivity contribution in [2.45, 2.75) is 6.92 Å². The van der Waals surface area contributed by atoms with E-state index in [0.717, 1.165) is 6.92 Å². The topological polar surface area (TPSA) is 68.8 Å². The van der Waals surface area contributed by atoms with E-state index in [-0.39, 0.29) is 72.0 Å². The molecule has 3 nitrogen and oxygen atoms in total. The zero-order valence-corrected chi connectivity index (χ0v) is 7.89. The first kappa shape index (κ1) is 23.7. The molecule has 0 bridgehead atoms. The van der Waals surface area contributed by atoms with Crippen LogP contribution in [0.5, 0.6) is 0 Å². The van der Waals surface area contributed by atoms with Crippen molar-refractivity contribution in [3.05, 3.63) is 0 Å². The molecule has 0 unspecified atom stereocenters. The van der Waals surface area contributed by atoms with Crippen LogP contribution in [-0.4, -0.2) is 77.3 Å². The number of carboxylic acid groups (broad SMARTS) is 1. The number of aliphatic carboxylic acids is 1. The Hall–Kier alpha value is 1.46. The molecule has 0 aliphatic carbocycles. The molecule has 0 spiro atoms. The third-order valence-electron chi connectivity index (χ3n) is 0. The molecule has 3 N–H and O–H groups in total. The Labute approximate surface area is 93.9 Å². The molecule has 0 aromatic heterocycles. The first-order chi connectivity index (χ1) is 1.73. The maximum Gasteiger partial charge on any atom is 2.00 e. The second-order valence-electron chi connectivity index (χ2n) is 0.519. The van der Waals surface area contributed by atoms with Gasteiger partial charge in [-0.05, 0) is 0 Å². The quantitative estimate of drug-likeness (QED) is 0.443. The fourth-order valence-corrected chi connectivity index (χ4v) is 0. The fraction of sp³-hybridized carbons (Fsp3) is 0.500. The van der Waals surface area contributed by atoms with Gasteiger partial charge in [0.25, 0.3) is 5.97 Å². The number of rotatable bonds is 0. The molecule has 0 atom stereocenters. The van der Waals surface area contributed by atoms with Gasteiger partial charge in [0, 0.05) is 6.92 Å². The van der Waals surface area contributed by atoms with E-state index in [1.807, 2.05) is 0 Å². The summed E-state index contributed by atoms with van der Waals surface area (Å²) in [4.78, 5) is 9.00. The SMILES string of the molecule is CC(=O)O.O.[Ca+2].[H-].[H-].[H-].[H-].[Mg+2]. The van der Waals surface area contributed by atoms with E-state index in [2.05, 4.69) is 0 Å². The molecule has 0 saturated heterocycles. The zero-order valence-electron chi connectivity index (χ0n) is 8.27. The van der Waals surface area contributed by atoms with E-state index < -0.39 is 5.97 Å². The van der Waals surface area contributed by atoms with Crippen LogP contribution in [0.1, 0.15) is 12.6 Å². The molecule has 0 radical (unpaired) electrons. The van der Waals surface area contributed by atoms with Crippen molar-refractivity contribution in [3.63, 3.8) is 0 Å². The van der Waals surface area contributed by atoms with Gasteiger partial charge in [-0.25, -0.2) is 0 Å².